The van der Waals surface area contributed by atoms with Gasteiger partial charge in [0.05, 0.1) is 17.6 Å². The van der Waals surface area contributed by atoms with E-state index < -0.39 is 0 Å². The van der Waals surface area contributed by atoms with E-state index in [1.165, 1.54) is 49.0 Å². The van der Waals surface area contributed by atoms with Gasteiger partial charge < -0.3 is 4.57 Å². The van der Waals surface area contributed by atoms with Gasteiger partial charge in [-0.2, -0.15) is 0 Å². The fourth-order valence-corrected chi connectivity index (χ4v) is 7.39. The third-order valence-corrected chi connectivity index (χ3v) is 9.40. The van der Waals surface area contributed by atoms with Crippen LogP contribution in [0.1, 0.15) is 0 Å². The Morgan fingerprint density at radius 2 is 0.851 bits per heavy atom. The number of aromatic nitrogens is 1. The highest BCUT2D eigenvalue weighted by atomic mass is 15.0. The number of para-hydroxylation sites is 2. The van der Waals surface area contributed by atoms with Gasteiger partial charge in [0.2, 0.25) is 0 Å². The molecule has 0 bridgehead atoms. The van der Waals surface area contributed by atoms with Gasteiger partial charge in [0, 0.05) is 16.5 Å². The summed E-state index contributed by atoms with van der Waals surface area (Å²) in [6.07, 6.45) is 0. The molecule has 9 rings (SSSR count). The Kier molecular flexibility index (Phi) is 6.23. The van der Waals surface area contributed by atoms with Crippen LogP contribution in [0.5, 0.6) is 0 Å². The summed E-state index contributed by atoms with van der Waals surface area (Å²) in [6, 6.07) is 60.1. The number of nitrogens with zero attached hydrogens (tertiary/aromatic N) is 2. The molecule has 1 heterocycles. The molecule has 0 N–H and O–H groups in total. The molecule has 0 unspecified atom stereocenters. The molecule has 2 heteroatoms. The summed E-state index contributed by atoms with van der Waals surface area (Å²) in [5, 5.41) is 7.32. The molecule has 0 aliphatic heterocycles. The molecule has 0 saturated carbocycles. The highest BCUT2D eigenvalue weighted by Crippen LogP contribution is 2.45. The van der Waals surface area contributed by atoms with Gasteiger partial charge in [-0.25, -0.2) is 4.85 Å². The van der Waals surface area contributed by atoms with Crippen LogP contribution in [0.15, 0.2) is 170 Å². The van der Waals surface area contributed by atoms with E-state index in [2.05, 4.69) is 173 Å². The predicted octanol–water partition coefficient (Wildman–Crippen LogP) is 12.6. The van der Waals surface area contributed by atoms with Gasteiger partial charge in [-0.3, -0.25) is 0 Å². The Hall–Kier alpha value is -6.43. The van der Waals surface area contributed by atoms with Crippen LogP contribution in [0, 0.1) is 6.57 Å². The fourth-order valence-electron chi connectivity index (χ4n) is 7.39. The molecular formula is C45H28N2. The normalized spacial score (nSPS) is 11.4. The molecule has 0 spiro atoms. The molecule has 0 atom stereocenters. The second-order valence-electron chi connectivity index (χ2n) is 12.0. The number of hydrogen-bond donors (Lipinski definition) is 0. The predicted molar refractivity (Wildman–Crippen MR) is 198 cm³/mol. The smallest absolute Gasteiger partial charge is 0.196 e. The van der Waals surface area contributed by atoms with Gasteiger partial charge in [-0.15, -0.1) is 0 Å². The summed E-state index contributed by atoms with van der Waals surface area (Å²) >= 11 is 0. The van der Waals surface area contributed by atoms with Crippen LogP contribution >= 0.6 is 0 Å². The van der Waals surface area contributed by atoms with Gasteiger partial charge >= 0.3 is 0 Å². The summed E-state index contributed by atoms with van der Waals surface area (Å²) in [4.78, 5) is 4.06. The molecule has 0 fully saturated rings. The van der Waals surface area contributed by atoms with Crippen LogP contribution in [0.25, 0.3) is 87.3 Å². The van der Waals surface area contributed by atoms with E-state index in [-0.39, 0.29) is 0 Å². The molecule has 0 aliphatic rings. The maximum absolute atomic E-state index is 8.24. The SMILES string of the molecule is [C-]#[N+]c1cc(-n2c3ccccc3c3ccccc32)ccc1-c1cccc(-c2c3ccccc3c(-c3ccccc3)c3ccccc23)c1. The molecule has 2 nitrogen and oxygen atoms in total. The molecule has 0 amide bonds. The second kappa shape index (κ2) is 10.9. The van der Waals surface area contributed by atoms with Crippen LogP contribution in [0.2, 0.25) is 0 Å². The van der Waals surface area contributed by atoms with Gasteiger partial charge in [0.25, 0.3) is 0 Å². The molecule has 47 heavy (non-hydrogen) atoms. The molecule has 0 saturated heterocycles. The van der Waals surface area contributed by atoms with Crippen molar-refractivity contribution in [1.29, 1.82) is 0 Å². The molecule has 8 aromatic carbocycles. The minimum atomic E-state index is 0.635. The number of rotatable bonds is 4. The Labute approximate surface area is 273 Å². The first-order valence-corrected chi connectivity index (χ1v) is 15.9. The summed E-state index contributed by atoms with van der Waals surface area (Å²) in [5.41, 5.74) is 10.7. The lowest BCUT2D eigenvalue weighted by Gasteiger charge is -2.18. The van der Waals surface area contributed by atoms with E-state index in [1.54, 1.807) is 0 Å². The van der Waals surface area contributed by atoms with Crippen molar-refractivity contribution in [2.75, 3.05) is 0 Å². The summed E-state index contributed by atoms with van der Waals surface area (Å²) in [7, 11) is 0. The monoisotopic (exact) mass is 596 g/mol. The zero-order valence-corrected chi connectivity index (χ0v) is 25.6. The van der Waals surface area contributed by atoms with Crippen LogP contribution < -0.4 is 0 Å². The molecule has 218 valence electrons. The minimum Gasteiger partial charge on any atom is -0.311 e. The van der Waals surface area contributed by atoms with Crippen molar-refractivity contribution >= 4 is 49.0 Å². The van der Waals surface area contributed by atoms with E-state index in [4.69, 9.17) is 6.57 Å². The maximum Gasteiger partial charge on any atom is 0.196 e. The van der Waals surface area contributed by atoms with Crippen molar-refractivity contribution in [1.82, 2.24) is 4.57 Å². The van der Waals surface area contributed by atoms with Gasteiger partial charge in [-0.05, 0) is 85.3 Å². The summed E-state index contributed by atoms with van der Waals surface area (Å²) < 4.78 is 2.27. The molecule has 0 aliphatic carbocycles. The molecule has 9 aromatic rings. The Bertz CT molecular complexity index is 2580. The second-order valence-corrected chi connectivity index (χ2v) is 12.0. The lowest BCUT2D eigenvalue weighted by atomic mass is 9.85. The molecule has 1 aromatic heterocycles. The highest BCUT2D eigenvalue weighted by molar-refractivity contribution is 6.21. The lowest BCUT2D eigenvalue weighted by molar-refractivity contribution is 1.18. The van der Waals surface area contributed by atoms with Crippen molar-refractivity contribution in [2.24, 2.45) is 0 Å². The zero-order valence-electron chi connectivity index (χ0n) is 25.6. The summed E-state index contributed by atoms with van der Waals surface area (Å²) in [5.74, 6) is 0. The zero-order chi connectivity index (χ0) is 31.3. The Morgan fingerprint density at radius 3 is 1.43 bits per heavy atom. The van der Waals surface area contributed by atoms with Gasteiger partial charge in [0.15, 0.2) is 5.69 Å². The molecular weight excluding hydrogens is 569 g/mol. The average Bonchev–Trinajstić information content (AvgIpc) is 3.48. The first kappa shape index (κ1) is 26.9. The van der Waals surface area contributed by atoms with Crippen LogP contribution in [-0.2, 0) is 0 Å². The van der Waals surface area contributed by atoms with E-state index in [1.807, 2.05) is 6.07 Å². The van der Waals surface area contributed by atoms with Crippen LogP contribution in [-0.4, -0.2) is 4.57 Å². The standard InChI is InChI=1S/C45H28N2/c1-46-41-29-33(47-42-24-11-9-18-35(42)36-19-10-12-25-43(36)47)26-27-34(41)31-16-13-17-32(28-31)45-39-22-7-5-20-37(39)44(30-14-3-2-4-15-30)38-21-6-8-23-40(38)45/h2-29H. The largest absolute Gasteiger partial charge is 0.311 e. The maximum atomic E-state index is 8.24. The van der Waals surface area contributed by atoms with Gasteiger partial charge in [0.1, 0.15) is 0 Å². The Balaban J connectivity index is 1.23. The van der Waals surface area contributed by atoms with Crippen molar-refractivity contribution < 1.29 is 0 Å². The van der Waals surface area contributed by atoms with Crippen molar-refractivity contribution in [2.45, 2.75) is 0 Å². The van der Waals surface area contributed by atoms with Crippen LogP contribution in [0.4, 0.5) is 5.69 Å². The average molecular weight is 597 g/mol. The fraction of sp³-hybridized carbons (Fsp3) is 0. The minimum absolute atomic E-state index is 0.635. The van der Waals surface area contributed by atoms with Crippen molar-refractivity contribution in [3.8, 4) is 39.1 Å². The lowest BCUT2D eigenvalue weighted by Crippen LogP contribution is -1.94. The number of fused-ring (bicyclic) bond motifs is 5. The highest BCUT2D eigenvalue weighted by Gasteiger charge is 2.18. The first-order chi connectivity index (χ1) is 23.3. The Morgan fingerprint density at radius 1 is 0.383 bits per heavy atom. The van der Waals surface area contributed by atoms with E-state index in [0.717, 1.165) is 33.4 Å². The van der Waals surface area contributed by atoms with Crippen molar-refractivity contribution in [3.63, 3.8) is 0 Å². The number of benzene rings is 8. The third-order valence-electron chi connectivity index (χ3n) is 9.40. The topological polar surface area (TPSA) is 9.29 Å². The van der Waals surface area contributed by atoms with E-state index >= 15 is 0 Å². The number of hydrogen-bond acceptors (Lipinski definition) is 0. The van der Waals surface area contributed by atoms with Gasteiger partial charge in [-0.1, -0.05) is 140 Å². The van der Waals surface area contributed by atoms with E-state index in [0.29, 0.717) is 5.69 Å². The van der Waals surface area contributed by atoms with Crippen LogP contribution in [0.3, 0.4) is 0 Å². The van der Waals surface area contributed by atoms with Crippen molar-refractivity contribution in [3.05, 3.63) is 181 Å². The quantitative estimate of drug-likeness (QED) is 0.141. The summed E-state index contributed by atoms with van der Waals surface area (Å²) in [6.45, 7) is 8.24. The third kappa shape index (κ3) is 4.26. The van der Waals surface area contributed by atoms with E-state index in [9.17, 15) is 0 Å². The molecule has 0 radical (unpaired) electrons. The first-order valence-electron chi connectivity index (χ1n) is 15.9.